The van der Waals surface area contributed by atoms with Gasteiger partial charge in [0.1, 0.15) is 0 Å². The molecule has 3 heteroatoms. The Kier molecular flexibility index (Phi) is 13.0. The number of hydrogen-bond donors (Lipinski definition) is 2. The molecule has 0 saturated carbocycles. The minimum Gasteiger partial charge on any atom is -0.355 e. The lowest BCUT2D eigenvalue weighted by atomic mass is 10.1. The van der Waals surface area contributed by atoms with Crippen LogP contribution in [0.25, 0.3) is 0 Å². The minimum atomic E-state index is -0.0408. The van der Waals surface area contributed by atoms with Crippen molar-refractivity contribution in [3.8, 4) is 0 Å². The fourth-order valence-corrected chi connectivity index (χ4v) is 1.91. The number of amides is 1. The molecule has 17 heavy (non-hydrogen) atoms. The second-order valence-electron chi connectivity index (χ2n) is 4.74. The van der Waals surface area contributed by atoms with Gasteiger partial charge >= 0.3 is 0 Å². The van der Waals surface area contributed by atoms with Gasteiger partial charge in [-0.2, -0.15) is 0 Å². The number of rotatable bonds is 12. The molecule has 0 aliphatic carbocycles. The van der Waals surface area contributed by atoms with Crippen LogP contribution in [0.4, 0.5) is 0 Å². The third-order valence-electron chi connectivity index (χ3n) is 3.04. The van der Waals surface area contributed by atoms with Gasteiger partial charge in [0.2, 0.25) is 5.91 Å². The Bertz CT molecular complexity index is 172. The van der Waals surface area contributed by atoms with Gasteiger partial charge in [-0.25, -0.2) is 0 Å². The Morgan fingerprint density at radius 1 is 0.882 bits per heavy atom. The van der Waals surface area contributed by atoms with Crippen LogP contribution < -0.4 is 11.1 Å². The molecule has 0 saturated heterocycles. The highest BCUT2D eigenvalue weighted by molar-refractivity contribution is 5.77. The summed E-state index contributed by atoms with van der Waals surface area (Å²) in [5.74, 6) is -0.0408. The number of hydrogen-bond acceptors (Lipinski definition) is 2. The molecule has 3 nitrogen and oxygen atoms in total. The third kappa shape index (κ3) is 13.4. The van der Waals surface area contributed by atoms with Crippen LogP contribution in [0, 0.1) is 0 Å². The zero-order chi connectivity index (χ0) is 12.8. The van der Waals surface area contributed by atoms with E-state index in [9.17, 15) is 4.79 Å². The highest BCUT2D eigenvalue weighted by Gasteiger charge is 1.95. The van der Waals surface area contributed by atoms with E-state index < -0.39 is 0 Å². The van der Waals surface area contributed by atoms with Crippen LogP contribution in [0.3, 0.4) is 0 Å². The molecule has 0 atom stereocenters. The van der Waals surface area contributed by atoms with Gasteiger partial charge in [-0.1, -0.05) is 64.7 Å². The van der Waals surface area contributed by atoms with E-state index in [4.69, 9.17) is 5.73 Å². The number of carbonyl (C=O) groups excluding carboxylic acids is 1. The van der Waals surface area contributed by atoms with E-state index in [2.05, 4.69) is 12.2 Å². The van der Waals surface area contributed by atoms with Crippen LogP contribution >= 0.6 is 0 Å². The van der Waals surface area contributed by atoms with E-state index in [1.54, 1.807) is 0 Å². The Morgan fingerprint density at radius 2 is 1.35 bits per heavy atom. The van der Waals surface area contributed by atoms with Crippen LogP contribution in [-0.2, 0) is 4.79 Å². The van der Waals surface area contributed by atoms with Gasteiger partial charge in [-0.3, -0.25) is 4.79 Å². The summed E-state index contributed by atoms with van der Waals surface area (Å²) in [4.78, 5) is 10.8. The second-order valence-corrected chi connectivity index (χ2v) is 4.74. The van der Waals surface area contributed by atoms with E-state index in [1.165, 1.54) is 57.8 Å². The molecule has 0 aromatic rings. The molecule has 0 heterocycles. The number of nitrogens with one attached hydrogen (secondary N) is 1. The fraction of sp³-hybridized carbons (Fsp3) is 0.929. The lowest BCUT2D eigenvalue weighted by Crippen LogP contribution is -2.30. The first-order valence-corrected chi connectivity index (χ1v) is 7.28. The van der Waals surface area contributed by atoms with Gasteiger partial charge in [0.25, 0.3) is 0 Å². The number of unbranched alkanes of at least 4 members (excludes halogenated alkanes) is 9. The fourth-order valence-electron chi connectivity index (χ4n) is 1.91. The molecular formula is C14H30N2O. The first kappa shape index (κ1) is 16.4. The van der Waals surface area contributed by atoms with E-state index in [0.717, 1.165) is 13.0 Å². The van der Waals surface area contributed by atoms with Crippen molar-refractivity contribution >= 4 is 5.91 Å². The van der Waals surface area contributed by atoms with E-state index in [-0.39, 0.29) is 12.5 Å². The van der Waals surface area contributed by atoms with Gasteiger partial charge < -0.3 is 11.1 Å². The molecule has 0 fully saturated rings. The van der Waals surface area contributed by atoms with Crippen LogP contribution in [0.2, 0.25) is 0 Å². The molecule has 1 amide bonds. The van der Waals surface area contributed by atoms with Crippen molar-refractivity contribution in [1.82, 2.24) is 5.32 Å². The average molecular weight is 242 g/mol. The SMILES string of the molecule is CCCCCCCCCCCCNC(=O)CN. The zero-order valence-corrected chi connectivity index (χ0v) is 11.5. The highest BCUT2D eigenvalue weighted by Crippen LogP contribution is 2.10. The van der Waals surface area contributed by atoms with Crippen molar-refractivity contribution in [1.29, 1.82) is 0 Å². The maximum Gasteiger partial charge on any atom is 0.233 e. The number of nitrogens with two attached hydrogens (primary N) is 1. The quantitative estimate of drug-likeness (QED) is 0.517. The third-order valence-corrected chi connectivity index (χ3v) is 3.04. The summed E-state index contributed by atoms with van der Waals surface area (Å²) in [6.45, 7) is 3.15. The largest absolute Gasteiger partial charge is 0.355 e. The molecular weight excluding hydrogens is 212 g/mol. The van der Waals surface area contributed by atoms with Crippen molar-refractivity contribution in [2.75, 3.05) is 13.1 Å². The topological polar surface area (TPSA) is 55.1 Å². The Balaban J connectivity index is 2.96. The van der Waals surface area contributed by atoms with Gasteiger partial charge in [-0.15, -0.1) is 0 Å². The van der Waals surface area contributed by atoms with E-state index in [1.807, 2.05) is 0 Å². The number of carbonyl (C=O) groups is 1. The summed E-state index contributed by atoms with van der Waals surface area (Å²) in [6, 6.07) is 0. The smallest absolute Gasteiger partial charge is 0.233 e. The Hall–Kier alpha value is -0.570. The summed E-state index contributed by atoms with van der Waals surface area (Å²) >= 11 is 0. The molecule has 102 valence electrons. The maximum atomic E-state index is 10.8. The standard InChI is InChI=1S/C14H30N2O/c1-2-3-4-5-6-7-8-9-10-11-12-16-14(17)13-15/h2-13,15H2,1H3,(H,16,17). The zero-order valence-electron chi connectivity index (χ0n) is 11.5. The molecule has 0 aromatic heterocycles. The molecule has 0 radical (unpaired) electrons. The predicted octanol–water partition coefficient (Wildman–Crippen LogP) is 2.98. The van der Waals surface area contributed by atoms with Crippen LogP contribution in [0.5, 0.6) is 0 Å². The van der Waals surface area contributed by atoms with Crippen LogP contribution in [-0.4, -0.2) is 19.0 Å². The lowest BCUT2D eigenvalue weighted by Gasteiger charge is -2.03. The monoisotopic (exact) mass is 242 g/mol. The maximum absolute atomic E-state index is 10.8. The van der Waals surface area contributed by atoms with Gasteiger partial charge in [0.15, 0.2) is 0 Å². The molecule has 0 bridgehead atoms. The minimum absolute atomic E-state index is 0.0408. The molecule has 0 aliphatic rings. The molecule has 0 unspecified atom stereocenters. The highest BCUT2D eigenvalue weighted by atomic mass is 16.1. The van der Waals surface area contributed by atoms with Crippen molar-refractivity contribution in [2.45, 2.75) is 71.1 Å². The van der Waals surface area contributed by atoms with Crippen molar-refractivity contribution < 1.29 is 4.79 Å². The van der Waals surface area contributed by atoms with Crippen molar-refractivity contribution in [3.05, 3.63) is 0 Å². The molecule has 0 spiro atoms. The first-order chi connectivity index (χ1) is 8.31. The summed E-state index contributed by atoms with van der Waals surface area (Å²) in [7, 11) is 0. The summed E-state index contributed by atoms with van der Waals surface area (Å²) in [5, 5.41) is 2.79. The van der Waals surface area contributed by atoms with Crippen LogP contribution in [0.1, 0.15) is 71.1 Å². The van der Waals surface area contributed by atoms with E-state index >= 15 is 0 Å². The predicted molar refractivity (Wildman–Crippen MR) is 73.9 cm³/mol. The molecule has 0 aliphatic heterocycles. The Morgan fingerprint density at radius 3 is 1.82 bits per heavy atom. The summed E-state index contributed by atoms with van der Waals surface area (Å²) in [5.41, 5.74) is 5.19. The summed E-state index contributed by atoms with van der Waals surface area (Å²) < 4.78 is 0. The van der Waals surface area contributed by atoms with Crippen LogP contribution in [0.15, 0.2) is 0 Å². The van der Waals surface area contributed by atoms with Crippen molar-refractivity contribution in [2.24, 2.45) is 5.73 Å². The van der Waals surface area contributed by atoms with E-state index in [0.29, 0.717) is 0 Å². The van der Waals surface area contributed by atoms with Crippen molar-refractivity contribution in [3.63, 3.8) is 0 Å². The normalized spacial score (nSPS) is 10.5. The molecule has 0 rings (SSSR count). The lowest BCUT2D eigenvalue weighted by molar-refractivity contribution is -0.119. The molecule has 3 N–H and O–H groups in total. The van der Waals surface area contributed by atoms with Gasteiger partial charge in [0.05, 0.1) is 6.54 Å². The second kappa shape index (κ2) is 13.5. The Labute approximate surface area is 107 Å². The first-order valence-electron chi connectivity index (χ1n) is 7.28. The average Bonchev–Trinajstić information content (AvgIpc) is 2.35. The summed E-state index contributed by atoms with van der Waals surface area (Å²) in [6.07, 6.45) is 13.2. The van der Waals surface area contributed by atoms with Gasteiger partial charge in [0, 0.05) is 6.54 Å². The van der Waals surface area contributed by atoms with Gasteiger partial charge in [-0.05, 0) is 6.42 Å². The molecule has 0 aromatic carbocycles.